The van der Waals surface area contributed by atoms with Gasteiger partial charge in [0.15, 0.2) is 0 Å². The number of hydrogen-bond donors (Lipinski definition) is 2. The molecule has 0 atom stereocenters. The van der Waals surface area contributed by atoms with E-state index in [9.17, 15) is 4.79 Å². The first-order valence-corrected chi connectivity index (χ1v) is 8.71. The molecular formula is C17H28Cl3N3O2. The molecule has 1 fully saturated rings. The minimum Gasteiger partial charge on any atom is -0.378 e. The Labute approximate surface area is 167 Å². The molecule has 5 nitrogen and oxygen atoms in total. The van der Waals surface area contributed by atoms with Crippen molar-refractivity contribution in [2.75, 3.05) is 43.1 Å². The van der Waals surface area contributed by atoms with Crippen LogP contribution in [0.3, 0.4) is 0 Å². The molecule has 2 rings (SSSR count). The van der Waals surface area contributed by atoms with Crippen LogP contribution in [-0.4, -0.2) is 38.8 Å². The predicted molar refractivity (Wildman–Crippen MR) is 110 cm³/mol. The van der Waals surface area contributed by atoms with Crippen LogP contribution in [-0.2, 0) is 9.53 Å². The summed E-state index contributed by atoms with van der Waals surface area (Å²) in [7, 11) is 0. The second kappa shape index (κ2) is 13.5. The smallest absolute Gasteiger partial charge is 0.224 e. The molecule has 0 bridgehead atoms. The molecule has 144 valence electrons. The number of nitrogens with two attached hydrogens (primary N) is 1. The predicted octanol–water partition coefficient (Wildman–Crippen LogP) is 3.87. The van der Waals surface area contributed by atoms with Gasteiger partial charge < -0.3 is 20.7 Å². The van der Waals surface area contributed by atoms with Gasteiger partial charge in [0.1, 0.15) is 0 Å². The van der Waals surface area contributed by atoms with Crippen LogP contribution in [0.1, 0.15) is 32.1 Å². The van der Waals surface area contributed by atoms with Crippen molar-refractivity contribution in [2.45, 2.75) is 32.1 Å². The summed E-state index contributed by atoms with van der Waals surface area (Å²) < 4.78 is 5.39. The third-order valence-corrected chi connectivity index (χ3v) is 4.25. The number of morpholine rings is 1. The van der Waals surface area contributed by atoms with E-state index in [0.29, 0.717) is 24.7 Å². The van der Waals surface area contributed by atoms with Crippen LogP contribution < -0.4 is 16.0 Å². The first kappa shape index (κ1) is 24.3. The van der Waals surface area contributed by atoms with Crippen molar-refractivity contribution in [3.63, 3.8) is 0 Å². The zero-order valence-electron chi connectivity index (χ0n) is 14.3. The summed E-state index contributed by atoms with van der Waals surface area (Å²) in [5.74, 6) is 0.0366. The minimum atomic E-state index is 0. The molecule has 0 radical (unpaired) electrons. The molecule has 1 heterocycles. The Hall–Kier alpha value is -0.720. The highest BCUT2D eigenvalue weighted by molar-refractivity contribution is 6.34. The molecule has 0 aliphatic carbocycles. The first-order valence-electron chi connectivity index (χ1n) is 8.33. The van der Waals surface area contributed by atoms with Crippen molar-refractivity contribution >= 4 is 53.7 Å². The summed E-state index contributed by atoms with van der Waals surface area (Å²) in [6.45, 7) is 3.65. The number of unbranched alkanes of at least 4 members (excludes halogenated alkanes) is 3. The average molecular weight is 413 g/mol. The highest BCUT2D eigenvalue weighted by atomic mass is 35.5. The van der Waals surface area contributed by atoms with Crippen molar-refractivity contribution in [1.29, 1.82) is 0 Å². The number of amides is 1. The molecule has 1 aliphatic heterocycles. The van der Waals surface area contributed by atoms with Gasteiger partial charge in [0.2, 0.25) is 5.91 Å². The van der Waals surface area contributed by atoms with Gasteiger partial charge in [-0.3, -0.25) is 4.79 Å². The molecule has 1 aromatic carbocycles. The standard InChI is InChI=1S/C17H26ClN3O2.2ClH/c18-14-6-5-7-15(17(14)21-10-12-23-13-11-21)20-16(22)8-3-1-2-4-9-19;;/h5-7H,1-4,8-13,19H2,(H,20,22);2*1H. The summed E-state index contributed by atoms with van der Waals surface area (Å²) in [4.78, 5) is 14.3. The van der Waals surface area contributed by atoms with Gasteiger partial charge in [-0.2, -0.15) is 0 Å². The Balaban J connectivity index is 0.00000288. The molecule has 1 aliphatic rings. The fourth-order valence-corrected chi connectivity index (χ4v) is 3.01. The number of rotatable bonds is 8. The second-order valence-electron chi connectivity index (χ2n) is 5.74. The van der Waals surface area contributed by atoms with Gasteiger partial charge in [0.25, 0.3) is 0 Å². The van der Waals surface area contributed by atoms with Crippen LogP contribution in [0.15, 0.2) is 18.2 Å². The lowest BCUT2D eigenvalue weighted by Crippen LogP contribution is -2.37. The molecule has 0 saturated carbocycles. The molecular weight excluding hydrogens is 385 g/mol. The van der Waals surface area contributed by atoms with Gasteiger partial charge in [-0.1, -0.05) is 30.5 Å². The SMILES string of the molecule is Cl.Cl.NCCCCCCC(=O)Nc1cccc(Cl)c1N1CCOCC1. The van der Waals surface area contributed by atoms with Crippen molar-refractivity contribution in [3.05, 3.63) is 23.2 Å². The molecule has 3 N–H and O–H groups in total. The highest BCUT2D eigenvalue weighted by Crippen LogP contribution is 2.34. The van der Waals surface area contributed by atoms with E-state index in [0.717, 1.165) is 56.7 Å². The number of benzene rings is 1. The van der Waals surface area contributed by atoms with Crippen molar-refractivity contribution in [2.24, 2.45) is 5.73 Å². The Morgan fingerprint density at radius 2 is 1.84 bits per heavy atom. The van der Waals surface area contributed by atoms with Crippen LogP contribution in [0.5, 0.6) is 0 Å². The molecule has 0 aromatic heterocycles. The van der Waals surface area contributed by atoms with E-state index < -0.39 is 0 Å². The number of carbonyl (C=O) groups excluding carboxylic acids is 1. The molecule has 1 aromatic rings. The van der Waals surface area contributed by atoms with Crippen LogP contribution in [0.2, 0.25) is 5.02 Å². The third kappa shape index (κ3) is 8.01. The fourth-order valence-electron chi connectivity index (χ4n) is 2.72. The van der Waals surface area contributed by atoms with Crippen LogP contribution in [0.25, 0.3) is 0 Å². The number of anilines is 2. The van der Waals surface area contributed by atoms with E-state index in [2.05, 4.69) is 10.2 Å². The zero-order chi connectivity index (χ0) is 16.5. The summed E-state index contributed by atoms with van der Waals surface area (Å²) in [5.41, 5.74) is 7.15. The van der Waals surface area contributed by atoms with E-state index in [1.807, 2.05) is 18.2 Å². The number of carbonyl (C=O) groups is 1. The first-order chi connectivity index (χ1) is 11.2. The lowest BCUT2D eigenvalue weighted by molar-refractivity contribution is -0.116. The number of nitrogens with one attached hydrogen (secondary N) is 1. The van der Waals surface area contributed by atoms with Crippen molar-refractivity contribution in [1.82, 2.24) is 0 Å². The number of halogens is 3. The van der Waals surface area contributed by atoms with Crippen LogP contribution >= 0.6 is 36.4 Å². The number of ether oxygens (including phenoxy) is 1. The van der Waals surface area contributed by atoms with Crippen molar-refractivity contribution in [3.8, 4) is 0 Å². The normalized spacial score (nSPS) is 13.6. The topological polar surface area (TPSA) is 67.6 Å². The van der Waals surface area contributed by atoms with E-state index in [-0.39, 0.29) is 30.7 Å². The maximum atomic E-state index is 12.2. The monoisotopic (exact) mass is 411 g/mol. The van der Waals surface area contributed by atoms with Gasteiger partial charge in [0, 0.05) is 19.5 Å². The average Bonchev–Trinajstić information content (AvgIpc) is 2.55. The van der Waals surface area contributed by atoms with Gasteiger partial charge in [-0.25, -0.2) is 0 Å². The molecule has 1 amide bonds. The van der Waals surface area contributed by atoms with Crippen molar-refractivity contribution < 1.29 is 9.53 Å². The lowest BCUT2D eigenvalue weighted by atomic mass is 10.1. The molecule has 1 saturated heterocycles. The minimum absolute atomic E-state index is 0. The quantitative estimate of drug-likeness (QED) is 0.636. The Kier molecular flexibility index (Phi) is 13.1. The maximum Gasteiger partial charge on any atom is 0.224 e. The summed E-state index contributed by atoms with van der Waals surface area (Å²) >= 11 is 6.36. The summed E-state index contributed by atoms with van der Waals surface area (Å²) in [6, 6.07) is 5.63. The Morgan fingerprint density at radius 3 is 2.52 bits per heavy atom. The van der Waals surface area contributed by atoms with Gasteiger partial charge in [-0.05, 0) is 31.5 Å². The third-order valence-electron chi connectivity index (χ3n) is 3.95. The number of para-hydroxylation sites is 1. The van der Waals surface area contributed by atoms with E-state index in [4.69, 9.17) is 22.1 Å². The molecule has 0 unspecified atom stereocenters. The van der Waals surface area contributed by atoms with Gasteiger partial charge >= 0.3 is 0 Å². The summed E-state index contributed by atoms with van der Waals surface area (Å²) in [6.07, 6.45) is 4.56. The molecule has 8 heteroatoms. The number of hydrogen-bond acceptors (Lipinski definition) is 4. The largest absolute Gasteiger partial charge is 0.378 e. The van der Waals surface area contributed by atoms with Gasteiger partial charge in [-0.15, -0.1) is 24.8 Å². The van der Waals surface area contributed by atoms with Crippen LogP contribution in [0.4, 0.5) is 11.4 Å². The van der Waals surface area contributed by atoms with Crippen LogP contribution in [0, 0.1) is 0 Å². The lowest BCUT2D eigenvalue weighted by Gasteiger charge is -2.31. The molecule has 25 heavy (non-hydrogen) atoms. The second-order valence-corrected chi connectivity index (χ2v) is 6.14. The van der Waals surface area contributed by atoms with E-state index >= 15 is 0 Å². The van der Waals surface area contributed by atoms with E-state index in [1.54, 1.807) is 0 Å². The highest BCUT2D eigenvalue weighted by Gasteiger charge is 2.18. The maximum absolute atomic E-state index is 12.2. The summed E-state index contributed by atoms with van der Waals surface area (Å²) in [5, 5.41) is 3.67. The Bertz CT molecular complexity index is 512. The number of nitrogens with zero attached hydrogens (tertiary/aromatic N) is 1. The molecule has 0 spiro atoms. The van der Waals surface area contributed by atoms with Gasteiger partial charge in [0.05, 0.1) is 29.6 Å². The van der Waals surface area contributed by atoms with E-state index in [1.165, 1.54) is 0 Å². The Morgan fingerprint density at radius 1 is 1.16 bits per heavy atom. The fraction of sp³-hybridized carbons (Fsp3) is 0.588. The zero-order valence-corrected chi connectivity index (χ0v) is 16.7.